The van der Waals surface area contributed by atoms with E-state index >= 15 is 0 Å². The summed E-state index contributed by atoms with van der Waals surface area (Å²) in [5, 5.41) is 0. The van der Waals surface area contributed by atoms with Gasteiger partial charge in [-0.3, -0.25) is 14.7 Å². The van der Waals surface area contributed by atoms with Crippen LogP contribution in [0.4, 0.5) is 10.1 Å². The molecule has 0 saturated carbocycles. The lowest BCUT2D eigenvalue weighted by atomic mass is 9.89. The van der Waals surface area contributed by atoms with Crippen LogP contribution < -0.4 is 9.64 Å². The number of nitrogens with zero attached hydrogens (tertiary/aromatic N) is 3. The number of halogens is 1. The van der Waals surface area contributed by atoms with Crippen LogP contribution in [-0.2, 0) is 16.1 Å². The summed E-state index contributed by atoms with van der Waals surface area (Å²) < 4.78 is 24.5. The van der Waals surface area contributed by atoms with Gasteiger partial charge in [0.2, 0.25) is 0 Å². The Bertz CT molecular complexity index is 835. The van der Waals surface area contributed by atoms with E-state index in [1.54, 1.807) is 30.3 Å². The Hall–Kier alpha value is -2.51. The Balaban J connectivity index is 1.40. The zero-order valence-electron chi connectivity index (χ0n) is 15.9. The molecule has 1 amide bonds. The lowest BCUT2D eigenvalue weighted by molar-refractivity contribution is -0.144. The Morgan fingerprint density at radius 3 is 2.68 bits per heavy atom. The van der Waals surface area contributed by atoms with Crippen molar-refractivity contribution in [3.63, 3.8) is 0 Å². The van der Waals surface area contributed by atoms with Crippen molar-refractivity contribution in [2.45, 2.75) is 25.0 Å². The predicted molar refractivity (Wildman–Crippen MR) is 103 cm³/mol. The molecule has 3 heterocycles. The molecule has 2 aromatic rings. The molecule has 0 atom stereocenters. The lowest BCUT2D eigenvalue weighted by Gasteiger charge is -2.47. The lowest BCUT2D eigenvalue weighted by Crippen LogP contribution is -2.58. The van der Waals surface area contributed by atoms with Crippen molar-refractivity contribution >= 4 is 11.6 Å². The minimum atomic E-state index is -0.342. The first-order valence-electron chi connectivity index (χ1n) is 9.47. The second-order valence-electron chi connectivity index (χ2n) is 7.44. The fraction of sp³-hybridized carbons (Fsp3) is 0.429. The first kappa shape index (κ1) is 18.8. The van der Waals surface area contributed by atoms with Crippen molar-refractivity contribution in [1.82, 2.24) is 9.88 Å². The number of anilines is 1. The predicted octanol–water partition coefficient (Wildman–Crippen LogP) is 2.63. The molecule has 0 bridgehead atoms. The number of hydrogen-bond acceptors (Lipinski definition) is 5. The van der Waals surface area contributed by atoms with E-state index in [0.717, 1.165) is 49.5 Å². The zero-order chi connectivity index (χ0) is 19.6. The SMILES string of the molecule is COc1cncc(CN2CCC3(CC2)CN(c2ccc(F)cc2)C(=O)CO3)c1. The van der Waals surface area contributed by atoms with E-state index in [2.05, 4.69) is 9.88 Å². The average Bonchev–Trinajstić information content (AvgIpc) is 2.73. The summed E-state index contributed by atoms with van der Waals surface area (Å²) in [7, 11) is 1.64. The Morgan fingerprint density at radius 1 is 1.21 bits per heavy atom. The number of morpholine rings is 1. The molecule has 1 aromatic carbocycles. The van der Waals surface area contributed by atoms with Crippen molar-refractivity contribution in [1.29, 1.82) is 0 Å². The van der Waals surface area contributed by atoms with Gasteiger partial charge in [0.05, 0.1) is 25.5 Å². The third-order valence-corrected chi connectivity index (χ3v) is 5.57. The van der Waals surface area contributed by atoms with E-state index in [4.69, 9.17) is 9.47 Å². The van der Waals surface area contributed by atoms with Crippen LogP contribution in [0.3, 0.4) is 0 Å². The highest BCUT2D eigenvalue weighted by atomic mass is 19.1. The van der Waals surface area contributed by atoms with Gasteiger partial charge in [-0.1, -0.05) is 0 Å². The number of benzene rings is 1. The molecule has 2 fully saturated rings. The molecule has 6 nitrogen and oxygen atoms in total. The summed E-state index contributed by atoms with van der Waals surface area (Å²) in [5.41, 5.74) is 1.49. The minimum absolute atomic E-state index is 0.0666. The van der Waals surface area contributed by atoms with Gasteiger partial charge in [-0.25, -0.2) is 4.39 Å². The van der Waals surface area contributed by atoms with Crippen LogP contribution >= 0.6 is 0 Å². The maximum atomic E-state index is 13.2. The van der Waals surface area contributed by atoms with Gasteiger partial charge in [0.25, 0.3) is 5.91 Å². The second kappa shape index (κ2) is 7.85. The van der Waals surface area contributed by atoms with Crippen LogP contribution in [0.1, 0.15) is 18.4 Å². The second-order valence-corrected chi connectivity index (χ2v) is 7.44. The summed E-state index contributed by atoms with van der Waals surface area (Å²) in [6.07, 6.45) is 5.25. The molecular weight excluding hydrogens is 361 g/mol. The summed E-state index contributed by atoms with van der Waals surface area (Å²) in [5.74, 6) is 0.372. The minimum Gasteiger partial charge on any atom is -0.495 e. The fourth-order valence-corrected chi connectivity index (χ4v) is 3.91. The highest BCUT2D eigenvalue weighted by molar-refractivity contribution is 5.95. The molecule has 1 aromatic heterocycles. The maximum Gasteiger partial charge on any atom is 0.253 e. The highest BCUT2D eigenvalue weighted by Gasteiger charge is 2.42. The van der Waals surface area contributed by atoms with Crippen LogP contribution in [0.15, 0.2) is 42.7 Å². The van der Waals surface area contributed by atoms with Crippen molar-refractivity contribution in [3.8, 4) is 5.75 Å². The van der Waals surface area contributed by atoms with Gasteiger partial charge in [0, 0.05) is 31.5 Å². The number of pyridine rings is 1. The number of ether oxygens (including phenoxy) is 2. The van der Waals surface area contributed by atoms with Gasteiger partial charge in [-0.2, -0.15) is 0 Å². The number of amides is 1. The molecule has 2 saturated heterocycles. The highest BCUT2D eigenvalue weighted by Crippen LogP contribution is 2.33. The first-order valence-corrected chi connectivity index (χ1v) is 9.47. The normalized spacial score (nSPS) is 19.8. The van der Waals surface area contributed by atoms with E-state index in [0.29, 0.717) is 6.54 Å². The molecule has 4 rings (SSSR count). The van der Waals surface area contributed by atoms with Crippen molar-refractivity contribution in [2.75, 3.05) is 38.3 Å². The fourth-order valence-electron chi connectivity index (χ4n) is 3.91. The van der Waals surface area contributed by atoms with Gasteiger partial charge < -0.3 is 14.4 Å². The Labute approximate surface area is 163 Å². The topological polar surface area (TPSA) is 54.9 Å². The van der Waals surface area contributed by atoms with Crippen LogP contribution in [0, 0.1) is 5.82 Å². The van der Waals surface area contributed by atoms with Gasteiger partial charge in [0.1, 0.15) is 18.2 Å². The van der Waals surface area contributed by atoms with E-state index in [1.165, 1.54) is 12.1 Å². The van der Waals surface area contributed by atoms with Gasteiger partial charge >= 0.3 is 0 Å². The van der Waals surface area contributed by atoms with E-state index in [9.17, 15) is 9.18 Å². The largest absolute Gasteiger partial charge is 0.495 e. The van der Waals surface area contributed by atoms with E-state index in [1.807, 2.05) is 12.3 Å². The monoisotopic (exact) mass is 385 g/mol. The third-order valence-electron chi connectivity index (χ3n) is 5.57. The van der Waals surface area contributed by atoms with E-state index in [-0.39, 0.29) is 23.9 Å². The first-order chi connectivity index (χ1) is 13.6. The Kier molecular flexibility index (Phi) is 5.28. The number of rotatable bonds is 4. The van der Waals surface area contributed by atoms with Crippen molar-refractivity contribution in [3.05, 3.63) is 54.1 Å². The Morgan fingerprint density at radius 2 is 1.96 bits per heavy atom. The standard InChI is InChI=1S/C21H24FN3O3/c1-27-19-10-16(11-23-12-19)13-24-8-6-21(7-9-24)15-25(20(26)14-28-21)18-4-2-17(22)3-5-18/h2-5,10-12H,6-9,13-15H2,1H3. The molecule has 2 aliphatic rings. The van der Waals surface area contributed by atoms with Crippen molar-refractivity contribution in [2.24, 2.45) is 0 Å². The smallest absolute Gasteiger partial charge is 0.253 e. The van der Waals surface area contributed by atoms with Crippen molar-refractivity contribution < 1.29 is 18.7 Å². The van der Waals surface area contributed by atoms with E-state index < -0.39 is 0 Å². The van der Waals surface area contributed by atoms with Crippen LogP contribution in [-0.4, -0.2) is 54.7 Å². The number of methoxy groups -OCH3 is 1. The maximum absolute atomic E-state index is 13.2. The van der Waals surface area contributed by atoms with Gasteiger partial charge in [0.15, 0.2) is 0 Å². The molecule has 2 aliphatic heterocycles. The third kappa shape index (κ3) is 4.00. The number of hydrogen-bond donors (Lipinski definition) is 0. The summed E-state index contributed by atoms with van der Waals surface area (Å²) in [6, 6.07) is 8.07. The summed E-state index contributed by atoms with van der Waals surface area (Å²) in [6.45, 7) is 3.13. The van der Waals surface area contributed by atoms with Crippen LogP contribution in [0.2, 0.25) is 0 Å². The molecule has 148 valence electrons. The molecule has 0 aliphatic carbocycles. The number of carbonyl (C=O) groups is 1. The van der Waals surface area contributed by atoms with Gasteiger partial charge in [-0.15, -0.1) is 0 Å². The molecular formula is C21H24FN3O3. The molecule has 0 radical (unpaired) electrons. The molecule has 28 heavy (non-hydrogen) atoms. The molecule has 0 unspecified atom stereocenters. The van der Waals surface area contributed by atoms with Crippen LogP contribution in [0.25, 0.3) is 0 Å². The summed E-state index contributed by atoms with van der Waals surface area (Å²) in [4.78, 5) is 20.7. The van der Waals surface area contributed by atoms with Crippen LogP contribution in [0.5, 0.6) is 5.75 Å². The van der Waals surface area contributed by atoms with Gasteiger partial charge in [-0.05, 0) is 48.7 Å². The molecule has 1 spiro atoms. The molecule has 0 N–H and O–H groups in total. The number of carbonyl (C=O) groups excluding carboxylic acids is 1. The number of likely N-dealkylation sites (tertiary alicyclic amines) is 1. The number of piperidine rings is 1. The quantitative estimate of drug-likeness (QED) is 0.810. The molecule has 7 heteroatoms. The summed E-state index contributed by atoms with van der Waals surface area (Å²) >= 11 is 0. The number of aromatic nitrogens is 1. The zero-order valence-corrected chi connectivity index (χ0v) is 15.9. The average molecular weight is 385 g/mol.